The molecule has 4 rings (SSSR count). The highest BCUT2D eigenvalue weighted by Gasteiger charge is 2.16. The van der Waals surface area contributed by atoms with Crippen LogP contribution in [-0.2, 0) is 12.8 Å². The number of fused-ring (bicyclic) bond motifs is 3. The highest BCUT2D eigenvalue weighted by Crippen LogP contribution is 2.29. The third kappa shape index (κ3) is 3.20. The van der Waals surface area contributed by atoms with Gasteiger partial charge in [0.2, 0.25) is 0 Å². The van der Waals surface area contributed by atoms with Crippen molar-refractivity contribution in [2.24, 2.45) is 5.10 Å². The Kier molecular flexibility index (Phi) is 4.44. The van der Waals surface area contributed by atoms with Crippen molar-refractivity contribution in [1.82, 2.24) is 10.4 Å². The van der Waals surface area contributed by atoms with Crippen molar-refractivity contribution in [3.05, 3.63) is 64.8 Å². The molecule has 0 radical (unpaired) electrons. The van der Waals surface area contributed by atoms with Crippen LogP contribution in [0.5, 0.6) is 5.75 Å². The Hall–Kier alpha value is -3.08. The molecule has 0 saturated carbocycles. The number of carbonyl (C=O) groups is 1. The number of ether oxygens (including phenoxy) is 1. The van der Waals surface area contributed by atoms with Crippen LogP contribution in [0.1, 0.15) is 40.0 Å². The second-order valence-corrected chi connectivity index (χ2v) is 6.53. The summed E-state index contributed by atoms with van der Waals surface area (Å²) in [5.74, 6) is 0.541. The van der Waals surface area contributed by atoms with E-state index in [2.05, 4.69) is 15.5 Å². The van der Waals surface area contributed by atoms with Gasteiger partial charge in [-0.3, -0.25) is 4.79 Å². The maximum atomic E-state index is 12.4. The number of hydrogen-bond donors (Lipinski definition) is 2. The van der Waals surface area contributed by atoms with Gasteiger partial charge in [0, 0.05) is 22.2 Å². The Morgan fingerprint density at radius 1 is 1.19 bits per heavy atom. The van der Waals surface area contributed by atoms with Gasteiger partial charge in [0.05, 0.1) is 13.3 Å². The number of aromatic nitrogens is 1. The van der Waals surface area contributed by atoms with Gasteiger partial charge < -0.3 is 9.72 Å². The van der Waals surface area contributed by atoms with Crippen molar-refractivity contribution in [1.29, 1.82) is 0 Å². The van der Waals surface area contributed by atoms with E-state index in [0.29, 0.717) is 5.56 Å². The van der Waals surface area contributed by atoms with Gasteiger partial charge in [-0.2, -0.15) is 5.10 Å². The summed E-state index contributed by atoms with van der Waals surface area (Å²) >= 11 is 0. The number of hydrazone groups is 1. The molecular formula is C21H21N3O2. The fourth-order valence-corrected chi connectivity index (χ4v) is 3.50. The van der Waals surface area contributed by atoms with Crippen LogP contribution < -0.4 is 10.2 Å². The molecule has 0 spiro atoms. The average Bonchev–Trinajstić information content (AvgIpc) is 3.06. The lowest BCUT2D eigenvalue weighted by molar-refractivity contribution is 0.0955. The second kappa shape index (κ2) is 7.04. The summed E-state index contributed by atoms with van der Waals surface area (Å²) in [5.41, 5.74) is 7.87. The smallest absolute Gasteiger partial charge is 0.271 e. The van der Waals surface area contributed by atoms with E-state index in [0.717, 1.165) is 35.1 Å². The molecule has 1 aliphatic rings. The Morgan fingerprint density at radius 3 is 2.96 bits per heavy atom. The van der Waals surface area contributed by atoms with Gasteiger partial charge in [0.15, 0.2) is 0 Å². The molecule has 132 valence electrons. The summed E-state index contributed by atoms with van der Waals surface area (Å²) in [5, 5.41) is 5.22. The minimum Gasteiger partial charge on any atom is -0.497 e. The van der Waals surface area contributed by atoms with Crippen LogP contribution in [0, 0.1) is 0 Å². The predicted octanol–water partition coefficient (Wildman–Crippen LogP) is 3.82. The van der Waals surface area contributed by atoms with E-state index in [4.69, 9.17) is 4.74 Å². The summed E-state index contributed by atoms with van der Waals surface area (Å²) in [6.07, 6.45) is 6.22. The average molecular weight is 347 g/mol. The van der Waals surface area contributed by atoms with Crippen LogP contribution in [-0.4, -0.2) is 24.2 Å². The number of aromatic amines is 1. The lowest BCUT2D eigenvalue weighted by atomic mass is 9.95. The summed E-state index contributed by atoms with van der Waals surface area (Å²) in [6.45, 7) is 0. The predicted molar refractivity (Wildman–Crippen MR) is 103 cm³/mol. The van der Waals surface area contributed by atoms with E-state index in [1.807, 2.05) is 42.5 Å². The van der Waals surface area contributed by atoms with Gasteiger partial charge in [-0.1, -0.05) is 12.1 Å². The lowest BCUT2D eigenvalue weighted by Crippen LogP contribution is -2.17. The Balaban J connectivity index is 1.51. The third-order valence-corrected chi connectivity index (χ3v) is 4.83. The molecule has 0 atom stereocenters. The number of nitrogens with one attached hydrogen (secondary N) is 2. The molecule has 5 heteroatoms. The first-order chi connectivity index (χ1) is 12.7. The minimum atomic E-state index is -0.211. The Morgan fingerprint density at radius 2 is 2.08 bits per heavy atom. The molecule has 1 amide bonds. The zero-order chi connectivity index (χ0) is 17.9. The topological polar surface area (TPSA) is 66.5 Å². The number of aryl methyl sites for hydroxylation is 2. The zero-order valence-corrected chi connectivity index (χ0v) is 14.7. The quantitative estimate of drug-likeness (QED) is 0.556. The maximum absolute atomic E-state index is 12.4. The number of benzene rings is 2. The SMILES string of the molecule is COc1cccc(/C=N\NC(=O)c2ccc3[nH]c4c(c3c2)CCCC4)c1. The van der Waals surface area contributed by atoms with Crippen LogP contribution in [0.2, 0.25) is 0 Å². The van der Waals surface area contributed by atoms with Crippen molar-refractivity contribution < 1.29 is 9.53 Å². The molecule has 1 aromatic heterocycles. The number of nitrogens with zero attached hydrogens (tertiary/aromatic N) is 1. The van der Waals surface area contributed by atoms with Crippen molar-refractivity contribution in [2.75, 3.05) is 7.11 Å². The van der Waals surface area contributed by atoms with E-state index >= 15 is 0 Å². The van der Waals surface area contributed by atoms with Crippen LogP contribution in [0.25, 0.3) is 10.9 Å². The first kappa shape index (κ1) is 16.4. The summed E-state index contributed by atoms with van der Waals surface area (Å²) in [4.78, 5) is 15.9. The van der Waals surface area contributed by atoms with E-state index < -0.39 is 0 Å². The monoisotopic (exact) mass is 347 g/mol. The molecule has 0 saturated heterocycles. The number of amides is 1. The fraction of sp³-hybridized carbons (Fsp3) is 0.238. The van der Waals surface area contributed by atoms with E-state index in [1.54, 1.807) is 13.3 Å². The fourth-order valence-electron chi connectivity index (χ4n) is 3.50. The van der Waals surface area contributed by atoms with E-state index in [-0.39, 0.29) is 5.91 Å². The molecule has 0 bridgehead atoms. The van der Waals surface area contributed by atoms with Crippen molar-refractivity contribution in [3.63, 3.8) is 0 Å². The Labute approximate surface area is 152 Å². The van der Waals surface area contributed by atoms with Gasteiger partial charge in [0.1, 0.15) is 5.75 Å². The number of rotatable bonds is 4. The van der Waals surface area contributed by atoms with Crippen molar-refractivity contribution in [2.45, 2.75) is 25.7 Å². The molecule has 26 heavy (non-hydrogen) atoms. The highest BCUT2D eigenvalue weighted by molar-refractivity contribution is 5.99. The normalized spacial score (nSPS) is 13.7. The van der Waals surface area contributed by atoms with E-state index in [9.17, 15) is 4.79 Å². The van der Waals surface area contributed by atoms with Gasteiger partial charge >= 0.3 is 0 Å². The largest absolute Gasteiger partial charge is 0.497 e. The molecule has 0 unspecified atom stereocenters. The second-order valence-electron chi connectivity index (χ2n) is 6.53. The molecule has 2 aromatic carbocycles. The highest BCUT2D eigenvalue weighted by atomic mass is 16.5. The molecule has 0 fully saturated rings. The molecule has 1 heterocycles. The number of carbonyl (C=O) groups excluding carboxylic acids is 1. The minimum absolute atomic E-state index is 0.211. The first-order valence-electron chi connectivity index (χ1n) is 8.85. The number of methoxy groups -OCH3 is 1. The molecule has 0 aliphatic heterocycles. The van der Waals surface area contributed by atoms with Crippen LogP contribution >= 0.6 is 0 Å². The van der Waals surface area contributed by atoms with Gasteiger partial charge in [0.25, 0.3) is 5.91 Å². The van der Waals surface area contributed by atoms with Crippen LogP contribution in [0.3, 0.4) is 0 Å². The number of H-pyrrole nitrogens is 1. The van der Waals surface area contributed by atoms with Crippen LogP contribution in [0.4, 0.5) is 0 Å². The van der Waals surface area contributed by atoms with Crippen LogP contribution in [0.15, 0.2) is 47.6 Å². The standard InChI is InChI=1S/C21H21N3O2/c1-26-16-6-4-5-14(11-16)13-22-24-21(25)15-9-10-20-18(12-15)17-7-2-3-8-19(17)23-20/h4-6,9-13,23H,2-3,7-8H2,1H3,(H,24,25)/b22-13-. The summed E-state index contributed by atoms with van der Waals surface area (Å²) in [7, 11) is 1.62. The molecule has 5 nitrogen and oxygen atoms in total. The lowest BCUT2D eigenvalue weighted by Gasteiger charge is -2.10. The van der Waals surface area contributed by atoms with Crippen molar-refractivity contribution >= 4 is 23.0 Å². The Bertz CT molecular complexity index is 988. The van der Waals surface area contributed by atoms with Gasteiger partial charge in [-0.15, -0.1) is 0 Å². The molecular weight excluding hydrogens is 326 g/mol. The van der Waals surface area contributed by atoms with Gasteiger partial charge in [-0.25, -0.2) is 5.43 Å². The third-order valence-electron chi connectivity index (χ3n) is 4.83. The summed E-state index contributed by atoms with van der Waals surface area (Å²) < 4.78 is 5.18. The van der Waals surface area contributed by atoms with Crippen molar-refractivity contribution in [3.8, 4) is 5.75 Å². The maximum Gasteiger partial charge on any atom is 0.271 e. The summed E-state index contributed by atoms with van der Waals surface area (Å²) in [6, 6.07) is 13.3. The van der Waals surface area contributed by atoms with E-state index in [1.165, 1.54) is 24.1 Å². The zero-order valence-electron chi connectivity index (χ0n) is 14.7. The molecule has 3 aromatic rings. The van der Waals surface area contributed by atoms with Gasteiger partial charge in [-0.05, 0) is 67.1 Å². The molecule has 1 aliphatic carbocycles. The first-order valence-corrected chi connectivity index (χ1v) is 8.85. The number of hydrogen-bond acceptors (Lipinski definition) is 3. The molecule has 2 N–H and O–H groups in total.